The lowest BCUT2D eigenvalue weighted by Crippen LogP contribution is -2.38. The van der Waals surface area contributed by atoms with Gasteiger partial charge in [-0.2, -0.15) is 0 Å². The summed E-state index contributed by atoms with van der Waals surface area (Å²) in [6, 6.07) is 3.99. The molecular formula is C14H20Cl2N2O4S. The highest BCUT2D eigenvalue weighted by Crippen LogP contribution is 2.23. The van der Waals surface area contributed by atoms with Crippen LogP contribution in [0.1, 0.15) is 23.2 Å². The quantitative estimate of drug-likeness (QED) is 0.758. The molecule has 0 bridgehead atoms. The Morgan fingerprint density at radius 3 is 2.78 bits per heavy atom. The van der Waals surface area contributed by atoms with Crippen molar-refractivity contribution in [1.29, 1.82) is 0 Å². The summed E-state index contributed by atoms with van der Waals surface area (Å²) < 4.78 is 31.8. The number of nitrogens with one attached hydrogen (secondary N) is 2. The monoisotopic (exact) mass is 382 g/mol. The second kappa shape index (κ2) is 8.84. The summed E-state index contributed by atoms with van der Waals surface area (Å²) in [5.41, 5.74) is 0.211. The smallest absolute Gasteiger partial charge is 0.337 e. The topological polar surface area (TPSA) is 84.5 Å². The molecule has 0 radical (unpaired) electrons. The molecule has 23 heavy (non-hydrogen) atoms. The minimum Gasteiger partial charge on any atom is -0.465 e. The SMILES string of the molecule is COC(=O)c1ccc(S(=O)(=O)NCC2CCCNC2)c(Cl)c1.Cl. The van der Waals surface area contributed by atoms with Crippen molar-refractivity contribution in [2.75, 3.05) is 26.7 Å². The zero-order valence-electron chi connectivity index (χ0n) is 12.7. The van der Waals surface area contributed by atoms with Gasteiger partial charge in [0.05, 0.1) is 17.7 Å². The molecule has 1 heterocycles. The number of carbonyl (C=O) groups excluding carboxylic acids is 1. The van der Waals surface area contributed by atoms with Crippen LogP contribution in [0.25, 0.3) is 0 Å². The van der Waals surface area contributed by atoms with E-state index in [2.05, 4.69) is 14.8 Å². The van der Waals surface area contributed by atoms with Crippen LogP contribution in [-0.4, -0.2) is 41.1 Å². The first-order valence-corrected chi connectivity index (χ1v) is 8.88. The number of methoxy groups -OCH3 is 1. The minimum atomic E-state index is -3.70. The lowest BCUT2D eigenvalue weighted by atomic mass is 10.0. The summed E-state index contributed by atoms with van der Waals surface area (Å²) in [6.07, 6.45) is 2.03. The summed E-state index contributed by atoms with van der Waals surface area (Å²) in [5.74, 6) is -0.288. The molecule has 1 aromatic rings. The van der Waals surface area contributed by atoms with Gasteiger partial charge in [-0.3, -0.25) is 0 Å². The third-order valence-corrected chi connectivity index (χ3v) is 5.51. The van der Waals surface area contributed by atoms with Crippen molar-refractivity contribution < 1.29 is 17.9 Å². The predicted octanol–water partition coefficient (Wildman–Crippen LogP) is 1.83. The van der Waals surface area contributed by atoms with Gasteiger partial charge in [-0.25, -0.2) is 17.9 Å². The largest absolute Gasteiger partial charge is 0.465 e. The van der Waals surface area contributed by atoms with Gasteiger partial charge in [0.15, 0.2) is 0 Å². The Morgan fingerprint density at radius 2 is 2.22 bits per heavy atom. The summed E-state index contributed by atoms with van der Waals surface area (Å²) in [7, 11) is -2.45. The molecule has 0 aliphatic carbocycles. The van der Waals surface area contributed by atoms with E-state index in [4.69, 9.17) is 11.6 Å². The fourth-order valence-corrected chi connectivity index (χ4v) is 4.03. The van der Waals surface area contributed by atoms with E-state index >= 15 is 0 Å². The Bertz CT molecular complexity index is 646. The fraction of sp³-hybridized carbons (Fsp3) is 0.500. The van der Waals surface area contributed by atoms with Crippen LogP contribution >= 0.6 is 24.0 Å². The maximum Gasteiger partial charge on any atom is 0.337 e. The van der Waals surface area contributed by atoms with Gasteiger partial charge in [0.1, 0.15) is 4.90 Å². The average molecular weight is 383 g/mol. The van der Waals surface area contributed by atoms with Crippen molar-refractivity contribution in [1.82, 2.24) is 10.0 Å². The number of benzene rings is 1. The molecule has 1 unspecified atom stereocenters. The molecule has 1 atom stereocenters. The second-order valence-electron chi connectivity index (χ2n) is 5.20. The van der Waals surface area contributed by atoms with Gasteiger partial charge in [0, 0.05) is 6.54 Å². The molecule has 0 amide bonds. The van der Waals surface area contributed by atoms with Crippen LogP contribution < -0.4 is 10.0 Å². The number of halogens is 2. The molecule has 1 aromatic carbocycles. The van der Waals surface area contributed by atoms with Gasteiger partial charge < -0.3 is 10.1 Å². The van der Waals surface area contributed by atoms with Gasteiger partial charge in [-0.15, -0.1) is 12.4 Å². The Balaban J connectivity index is 0.00000264. The van der Waals surface area contributed by atoms with Crippen LogP contribution in [0.3, 0.4) is 0 Å². The highest BCUT2D eigenvalue weighted by atomic mass is 35.5. The van der Waals surface area contributed by atoms with E-state index in [1.807, 2.05) is 0 Å². The third-order valence-electron chi connectivity index (χ3n) is 3.60. The first kappa shape index (κ1) is 20.2. The molecule has 1 saturated heterocycles. The highest BCUT2D eigenvalue weighted by Gasteiger charge is 2.22. The Labute approximate surface area is 147 Å². The van der Waals surface area contributed by atoms with Crippen LogP contribution in [0.2, 0.25) is 5.02 Å². The molecule has 1 aliphatic heterocycles. The van der Waals surface area contributed by atoms with Crippen LogP contribution in [0.5, 0.6) is 0 Å². The maximum atomic E-state index is 12.3. The van der Waals surface area contributed by atoms with E-state index in [0.29, 0.717) is 6.54 Å². The van der Waals surface area contributed by atoms with Crippen molar-refractivity contribution in [3.05, 3.63) is 28.8 Å². The molecule has 2 N–H and O–H groups in total. The molecule has 130 valence electrons. The predicted molar refractivity (Wildman–Crippen MR) is 90.8 cm³/mol. The van der Waals surface area contributed by atoms with Crippen molar-refractivity contribution >= 4 is 40.0 Å². The Morgan fingerprint density at radius 1 is 1.48 bits per heavy atom. The first-order valence-electron chi connectivity index (χ1n) is 7.02. The van der Waals surface area contributed by atoms with E-state index in [0.717, 1.165) is 25.9 Å². The minimum absolute atomic E-state index is 0. The molecule has 0 spiro atoms. The van der Waals surface area contributed by atoms with E-state index < -0.39 is 16.0 Å². The summed E-state index contributed by atoms with van der Waals surface area (Å²) in [5, 5.41) is 3.23. The van der Waals surface area contributed by atoms with Crippen molar-refractivity contribution in [2.24, 2.45) is 5.92 Å². The molecular weight excluding hydrogens is 363 g/mol. The number of hydrogen-bond acceptors (Lipinski definition) is 5. The van der Waals surface area contributed by atoms with E-state index in [-0.39, 0.29) is 33.8 Å². The molecule has 2 rings (SSSR count). The van der Waals surface area contributed by atoms with Gasteiger partial charge in [-0.1, -0.05) is 11.6 Å². The molecule has 0 saturated carbocycles. The van der Waals surface area contributed by atoms with Crippen LogP contribution in [0, 0.1) is 5.92 Å². The van der Waals surface area contributed by atoms with Gasteiger partial charge in [0.2, 0.25) is 10.0 Å². The number of rotatable bonds is 5. The van der Waals surface area contributed by atoms with E-state index in [9.17, 15) is 13.2 Å². The fourth-order valence-electron chi connectivity index (χ4n) is 2.37. The number of carbonyl (C=O) groups is 1. The third kappa shape index (κ3) is 5.32. The number of piperidine rings is 1. The molecule has 1 fully saturated rings. The highest BCUT2D eigenvalue weighted by molar-refractivity contribution is 7.89. The zero-order chi connectivity index (χ0) is 16.2. The van der Waals surface area contributed by atoms with Crippen molar-refractivity contribution in [3.8, 4) is 0 Å². The van der Waals surface area contributed by atoms with E-state index in [1.54, 1.807) is 0 Å². The Hall–Kier alpha value is -0.860. The molecule has 9 heteroatoms. The molecule has 6 nitrogen and oxygen atoms in total. The normalized spacial score (nSPS) is 18.1. The summed E-state index contributed by atoms with van der Waals surface area (Å²) >= 11 is 6.00. The number of sulfonamides is 1. The molecule has 0 aromatic heterocycles. The van der Waals surface area contributed by atoms with Gasteiger partial charge >= 0.3 is 5.97 Å². The lowest BCUT2D eigenvalue weighted by Gasteiger charge is -2.23. The maximum absolute atomic E-state index is 12.3. The van der Waals surface area contributed by atoms with Crippen LogP contribution in [-0.2, 0) is 14.8 Å². The number of esters is 1. The van der Waals surface area contributed by atoms with Crippen LogP contribution in [0.4, 0.5) is 0 Å². The van der Waals surface area contributed by atoms with Crippen LogP contribution in [0.15, 0.2) is 23.1 Å². The summed E-state index contributed by atoms with van der Waals surface area (Å²) in [4.78, 5) is 11.4. The Kier molecular flexibility index (Phi) is 7.76. The standard InChI is InChI=1S/C14H19ClN2O4S.ClH/c1-21-14(18)11-4-5-13(12(15)7-11)22(19,20)17-9-10-3-2-6-16-8-10;/h4-5,7,10,16-17H,2-3,6,8-9H2,1H3;1H. The van der Waals surface area contributed by atoms with E-state index in [1.165, 1.54) is 25.3 Å². The van der Waals surface area contributed by atoms with Crippen molar-refractivity contribution in [3.63, 3.8) is 0 Å². The zero-order valence-corrected chi connectivity index (χ0v) is 15.1. The molecule has 1 aliphatic rings. The first-order chi connectivity index (χ1) is 10.4. The number of hydrogen-bond donors (Lipinski definition) is 2. The van der Waals surface area contributed by atoms with Gasteiger partial charge in [-0.05, 0) is 50.0 Å². The summed E-state index contributed by atoms with van der Waals surface area (Å²) in [6.45, 7) is 2.14. The van der Waals surface area contributed by atoms with Gasteiger partial charge in [0.25, 0.3) is 0 Å². The van der Waals surface area contributed by atoms with Crippen molar-refractivity contribution in [2.45, 2.75) is 17.7 Å². The lowest BCUT2D eigenvalue weighted by molar-refractivity contribution is 0.0600. The average Bonchev–Trinajstić information content (AvgIpc) is 2.53. The number of ether oxygens (including phenoxy) is 1. The second-order valence-corrected chi connectivity index (χ2v) is 7.34.